The molecule has 4 heteroatoms. The van der Waals surface area contributed by atoms with E-state index >= 15 is 0 Å². The molecule has 2 rings (SSSR count). The molecule has 0 fully saturated rings. The van der Waals surface area contributed by atoms with Crippen LogP contribution in [0.1, 0.15) is 27.0 Å². The van der Waals surface area contributed by atoms with Gasteiger partial charge in [-0.1, -0.05) is 17.7 Å². The summed E-state index contributed by atoms with van der Waals surface area (Å²) in [5.74, 6) is 0.253. The predicted molar refractivity (Wildman–Crippen MR) is 77.0 cm³/mol. The Morgan fingerprint density at radius 1 is 1.20 bits per heavy atom. The molecule has 0 aliphatic heterocycles. The van der Waals surface area contributed by atoms with Gasteiger partial charge in [-0.2, -0.15) is 0 Å². The van der Waals surface area contributed by atoms with Crippen LogP contribution >= 0.6 is 11.6 Å². The van der Waals surface area contributed by atoms with Gasteiger partial charge in [0.1, 0.15) is 24.5 Å². The zero-order valence-electron chi connectivity index (χ0n) is 11.2. The fourth-order valence-corrected chi connectivity index (χ4v) is 2.18. The van der Waals surface area contributed by atoms with Gasteiger partial charge in [0.2, 0.25) is 0 Å². The summed E-state index contributed by atoms with van der Waals surface area (Å²) in [7, 11) is 0. The van der Waals surface area contributed by atoms with E-state index in [4.69, 9.17) is 16.3 Å². The third-order valence-corrected chi connectivity index (χ3v) is 3.29. The third kappa shape index (κ3) is 3.17. The van der Waals surface area contributed by atoms with Crippen LogP contribution in [0, 0.1) is 19.7 Å². The summed E-state index contributed by atoms with van der Waals surface area (Å²) in [5.41, 5.74) is 3.07. The molecule has 0 heterocycles. The van der Waals surface area contributed by atoms with Crippen molar-refractivity contribution in [2.24, 2.45) is 0 Å². The van der Waals surface area contributed by atoms with Gasteiger partial charge in [0.15, 0.2) is 0 Å². The van der Waals surface area contributed by atoms with Gasteiger partial charge in [0.05, 0.1) is 5.02 Å². The highest BCUT2D eigenvalue weighted by Crippen LogP contribution is 2.25. The van der Waals surface area contributed by atoms with E-state index in [1.165, 1.54) is 12.1 Å². The fraction of sp³-hybridized carbons (Fsp3) is 0.188. The Labute approximate surface area is 122 Å². The zero-order chi connectivity index (χ0) is 14.7. The number of halogens is 2. The molecule has 2 nitrogen and oxygen atoms in total. The molecule has 0 saturated carbocycles. The summed E-state index contributed by atoms with van der Waals surface area (Å²) in [6.07, 6.45) is 0.804. The number of benzene rings is 2. The molecule has 0 N–H and O–H groups in total. The second-order valence-corrected chi connectivity index (χ2v) is 5.05. The number of carbonyl (C=O) groups excluding carboxylic acids is 1. The molecular formula is C16H14ClFO2. The average Bonchev–Trinajstić information content (AvgIpc) is 2.41. The molecule has 0 aliphatic rings. The lowest BCUT2D eigenvalue weighted by atomic mass is 10.1. The molecule has 0 atom stereocenters. The number of rotatable bonds is 4. The van der Waals surface area contributed by atoms with Crippen LogP contribution in [0.25, 0.3) is 0 Å². The Hall–Kier alpha value is -1.87. The molecular weight excluding hydrogens is 279 g/mol. The zero-order valence-corrected chi connectivity index (χ0v) is 12.0. The molecule has 0 spiro atoms. The van der Waals surface area contributed by atoms with Crippen LogP contribution in [-0.2, 0) is 6.61 Å². The molecule has 0 aliphatic carbocycles. The van der Waals surface area contributed by atoms with Gasteiger partial charge in [0.25, 0.3) is 0 Å². The highest BCUT2D eigenvalue weighted by molar-refractivity contribution is 6.30. The lowest BCUT2D eigenvalue weighted by Gasteiger charge is -2.13. The predicted octanol–water partition coefficient (Wildman–Crippen LogP) is 4.49. The van der Waals surface area contributed by atoms with Gasteiger partial charge in [-0.15, -0.1) is 0 Å². The largest absolute Gasteiger partial charge is 0.488 e. The van der Waals surface area contributed by atoms with Crippen LogP contribution < -0.4 is 4.74 Å². The van der Waals surface area contributed by atoms with Crippen LogP contribution in [0.4, 0.5) is 4.39 Å². The number of aldehydes is 1. The maximum Gasteiger partial charge on any atom is 0.150 e. The molecule has 2 aromatic carbocycles. The van der Waals surface area contributed by atoms with Gasteiger partial charge in [-0.3, -0.25) is 4.79 Å². The lowest BCUT2D eigenvalue weighted by molar-refractivity contribution is 0.112. The van der Waals surface area contributed by atoms with Crippen molar-refractivity contribution in [3.63, 3.8) is 0 Å². The van der Waals surface area contributed by atoms with E-state index in [-0.39, 0.29) is 11.6 Å². The van der Waals surface area contributed by atoms with Crippen LogP contribution in [0.15, 0.2) is 30.3 Å². The lowest BCUT2D eigenvalue weighted by Crippen LogP contribution is -2.00. The quantitative estimate of drug-likeness (QED) is 0.776. The summed E-state index contributed by atoms with van der Waals surface area (Å²) >= 11 is 5.63. The second kappa shape index (κ2) is 6.06. The Morgan fingerprint density at radius 3 is 2.40 bits per heavy atom. The van der Waals surface area contributed by atoms with Crippen molar-refractivity contribution in [1.82, 2.24) is 0 Å². The van der Waals surface area contributed by atoms with Crippen molar-refractivity contribution >= 4 is 17.9 Å². The molecule has 20 heavy (non-hydrogen) atoms. The standard InChI is InChI=1S/C16H14ClFO2/c1-10-5-13(8-19)6-11(2)16(10)20-9-12-3-4-14(17)15(18)7-12/h3-8H,9H2,1-2H3. The smallest absolute Gasteiger partial charge is 0.150 e. The van der Waals surface area contributed by atoms with Gasteiger partial charge >= 0.3 is 0 Å². The van der Waals surface area contributed by atoms with E-state index in [0.717, 1.165) is 17.4 Å². The van der Waals surface area contributed by atoms with E-state index < -0.39 is 5.82 Å². The summed E-state index contributed by atoms with van der Waals surface area (Å²) in [6.45, 7) is 3.99. The van der Waals surface area contributed by atoms with Crippen molar-refractivity contribution in [2.75, 3.05) is 0 Å². The second-order valence-electron chi connectivity index (χ2n) is 4.64. The van der Waals surface area contributed by atoms with E-state index in [1.807, 2.05) is 13.8 Å². The molecule has 0 aromatic heterocycles. The van der Waals surface area contributed by atoms with Gasteiger partial charge in [0, 0.05) is 5.56 Å². The number of carbonyl (C=O) groups is 1. The summed E-state index contributed by atoms with van der Waals surface area (Å²) in [6, 6.07) is 8.10. The monoisotopic (exact) mass is 292 g/mol. The molecule has 0 amide bonds. The van der Waals surface area contributed by atoms with Crippen molar-refractivity contribution in [2.45, 2.75) is 20.5 Å². The van der Waals surface area contributed by atoms with Crippen LogP contribution in [0.2, 0.25) is 5.02 Å². The minimum absolute atomic E-state index is 0.0939. The number of aryl methyl sites for hydroxylation is 2. The van der Waals surface area contributed by atoms with Gasteiger partial charge < -0.3 is 4.74 Å². The van der Waals surface area contributed by atoms with Crippen LogP contribution in [-0.4, -0.2) is 6.29 Å². The average molecular weight is 293 g/mol. The molecule has 104 valence electrons. The molecule has 0 saturated heterocycles. The summed E-state index contributed by atoms with van der Waals surface area (Å²) < 4.78 is 19.1. The van der Waals surface area contributed by atoms with Crippen molar-refractivity contribution in [1.29, 1.82) is 0 Å². The van der Waals surface area contributed by atoms with E-state index in [9.17, 15) is 9.18 Å². The first kappa shape index (κ1) is 14.5. The summed E-state index contributed by atoms with van der Waals surface area (Å²) in [5, 5.41) is 0.0939. The van der Waals surface area contributed by atoms with Crippen LogP contribution in [0.5, 0.6) is 5.75 Å². The number of hydrogen-bond donors (Lipinski definition) is 0. The Kier molecular flexibility index (Phi) is 4.40. The van der Waals surface area contributed by atoms with Gasteiger partial charge in [-0.25, -0.2) is 4.39 Å². The fourth-order valence-electron chi connectivity index (χ4n) is 2.06. The number of hydrogen-bond acceptors (Lipinski definition) is 2. The van der Waals surface area contributed by atoms with Crippen LogP contribution in [0.3, 0.4) is 0 Å². The van der Waals surface area contributed by atoms with Crippen molar-refractivity contribution < 1.29 is 13.9 Å². The maximum atomic E-state index is 13.3. The van der Waals surface area contributed by atoms with E-state index in [2.05, 4.69) is 0 Å². The maximum absolute atomic E-state index is 13.3. The Morgan fingerprint density at radius 2 is 1.85 bits per heavy atom. The first-order valence-electron chi connectivity index (χ1n) is 6.14. The molecule has 0 bridgehead atoms. The summed E-state index contributed by atoms with van der Waals surface area (Å²) in [4.78, 5) is 10.8. The van der Waals surface area contributed by atoms with Crippen molar-refractivity contribution in [3.8, 4) is 5.75 Å². The van der Waals surface area contributed by atoms with E-state index in [0.29, 0.717) is 16.9 Å². The highest BCUT2D eigenvalue weighted by atomic mass is 35.5. The third-order valence-electron chi connectivity index (χ3n) is 2.99. The SMILES string of the molecule is Cc1cc(C=O)cc(C)c1OCc1ccc(Cl)c(F)c1. The minimum atomic E-state index is -0.461. The molecule has 0 radical (unpaired) electrons. The molecule has 0 unspecified atom stereocenters. The first-order valence-corrected chi connectivity index (χ1v) is 6.52. The Balaban J connectivity index is 2.18. The molecule has 2 aromatic rings. The minimum Gasteiger partial charge on any atom is -0.488 e. The van der Waals surface area contributed by atoms with Gasteiger partial charge in [-0.05, 0) is 54.8 Å². The van der Waals surface area contributed by atoms with Crippen molar-refractivity contribution in [3.05, 3.63) is 63.4 Å². The van der Waals surface area contributed by atoms with E-state index in [1.54, 1.807) is 18.2 Å². The Bertz CT molecular complexity index is 630. The first-order chi connectivity index (χ1) is 9.51. The normalized spacial score (nSPS) is 10.4. The highest BCUT2D eigenvalue weighted by Gasteiger charge is 2.08. The number of ether oxygens (including phenoxy) is 1. The topological polar surface area (TPSA) is 26.3 Å².